The summed E-state index contributed by atoms with van der Waals surface area (Å²) in [6, 6.07) is -1.31. The van der Waals surface area contributed by atoms with E-state index < -0.39 is 35.8 Å². The molecule has 164 valence electrons. The predicted octanol–water partition coefficient (Wildman–Crippen LogP) is 1.75. The zero-order valence-electron chi connectivity index (χ0n) is 18.4. The highest BCUT2D eigenvalue weighted by atomic mass is 16.5. The van der Waals surface area contributed by atoms with E-state index in [0.29, 0.717) is 0 Å². The molecule has 7 nitrogen and oxygen atoms in total. The van der Waals surface area contributed by atoms with Crippen LogP contribution in [0.15, 0.2) is 12.2 Å². The van der Waals surface area contributed by atoms with Crippen LogP contribution in [0.1, 0.15) is 48.0 Å². The molecule has 0 unspecified atom stereocenters. The summed E-state index contributed by atoms with van der Waals surface area (Å²) in [4.78, 5) is 41.0. The minimum Gasteiger partial charge on any atom is -0.466 e. The number of carbonyl (C=O) groups is 3. The molecule has 2 aliphatic rings. The second-order valence-electron chi connectivity index (χ2n) is 8.61. The van der Waals surface area contributed by atoms with Crippen molar-refractivity contribution in [1.82, 2.24) is 10.2 Å². The number of aliphatic hydroxyl groups is 1. The molecule has 0 aromatic heterocycles. The van der Waals surface area contributed by atoms with Gasteiger partial charge in [0.1, 0.15) is 6.04 Å². The van der Waals surface area contributed by atoms with Crippen molar-refractivity contribution in [2.45, 2.75) is 66.1 Å². The molecule has 1 fully saturated rings. The Hall–Kier alpha value is -1.89. The van der Waals surface area contributed by atoms with Gasteiger partial charge in [-0.25, -0.2) is 0 Å². The molecule has 0 radical (unpaired) electrons. The maximum absolute atomic E-state index is 13.6. The van der Waals surface area contributed by atoms with Crippen molar-refractivity contribution in [3.63, 3.8) is 0 Å². The SMILES string of the molecule is CCOC(=O)[C@H]1[C@@H]2C(=O)N([C@@H](CO)[C@@H](C)CC)[C@H](C(=O)NC(C)C)[C@H]2C=C[C@H]1C. The molecule has 2 amide bonds. The Balaban J connectivity index is 2.53. The number of carbonyl (C=O) groups excluding carboxylic acids is 3. The Bertz CT molecular complexity index is 647. The second kappa shape index (κ2) is 9.74. The molecule has 1 aliphatic carbocycles. The van der Waals surface area contributed by atoms with Gasteiger partial charge in [0, 0.05) is 12.0 Å². The molecule has 1 aliphatic heterocycles. The van der Waals surface area contributed by atoms with Gasteiger partial charge in [-0.1, -0.05) is 39.3 Å². The van der Waals surface area contributed by atoms with Crippen molar-refractivity contribution >= 4 is 17.8 Å². The molecule has 0 saturated carbocycles. The molecule has 2 rings (SSSR count). The van der Waals surface area contributed by atoms with Crippen molar-refractivity contribution in [2.24, 2.45) is 29.6 Å². The van der Waals surface area contributed by atoms with Crippen molar-refractivity contribution in [3.8, 4) is 0 Å². The van der Waals surface area contributed by atoms with Crippen molar-refractivity contribution in [2.75, 3.05) is 13.2 Å². The van der Waals surface area contributed by atoms with Gasteiger partial charge in [-0.2, -0.15) is 0 Å². The lowest BCUT2D eigenvalue weighted by molar-refractivity contribution is -0.156. The number of likely N-dealkylation sites (tertiary alicyclic amines) is 1. The first-order valence-electron chi connectivity index (χ1n) is 10.8. The van der Waals surface area contributed by atoms with Crippen LogP contribution in [0.25, 0.3) is 0 Å². The lowest BCUT2D eigenvalue weighted by atomic mass is 9.70. The van der Waals surface area contributed by atoms with Gasteiger partial charge in [-0.05, 0) is 32.6 Å². The third-order valence-electron chi connectivity index (χ3n) is 6.31. The summed E-state index contributed by atoms with van der Waals surface area (Å²) < 4.78 is 5.27. The number of allylic oxidation sites excluding steroid dienone is 1. The van der Waals surface area contributed by atoms with Crippen molar-refractivity contribution in [1.29, 1.82) is 0 Å². The van der Waals surface area contributed by atoms with Gasteiger partial charge in [-0.15, -0.1) is 0 Å². The number of esters is 1. The molecule has 0 spiro atoms. The summed E-state index contributed by atoms with van der Waals surface area (Å²) in [5, 5.41) is 13.0. The van der Waals surface area contributed by atoms with Gasteiger partial charge in [0.2, 0.25) is 11.8 Å². The fourth-order valence-electron chi connectivity index (χ4n) is 4.68. The fourth-order valence-corrected chi connectivity index (χ4v) is 4.68. The molecule has 1 heterocycles. The summed E-state index contributed by atoms with van der Waals surface area (Å²) in [7, 11) is 0. The van der Waals surface area contributed by atoms with E-state index in [9.17, 15) is 19.5 Å². The third-order valence-corrected chi connectivity index (χ3v) is 6.31. The van der Waals surface area contributed by atoms with Gasteiger partial charge in [0.15, 0.2) is 0 Å². The Morgan fingerprint density at radius 2 is 1.90 bits per heavy atom. The van der Waals surface area contributed by atoms with Gasteiger partial charge in [-0.3, -0.25) is 14.4 Å². The second-order valence-corrected chi connectivity index (χ2v) is 8.61. The van der Waals surface area contributed by atoms with Gasteiger partial charge in [0.25, 0.3) is 0 Å². The number of hydrogen-bond donors (Lipinski definition) is 2. The quantitative estimate of drug-likeness (QED) is 0.471. The van der Waals surface area contributed by atoms with Gasteiger partial charge in [0.05, 0.1) is 31.1 Å². The molecule has 1 saturated heterocycles. The van der Waals surface area contributed by atoms with Crippen LogP contribution in [-0.2, 0) is 19.1 Å². The zero-order chi connectivity index (χ0) is 21.9. The molecule has 2 N–H and O–H groups in total. The zero-order valence-corrected chi connectivity index (χ0v) is 18.4. The Kier molecular flexibility index (Phi) is 7.86. The van der Waals surface area contributed by atoms with Gasteiger partial charge >= 0.3 is 5.97 Å². The maximum atomic E-state index is 13.6. The fraction of sp³-hybridized carbons (Fsp3) is 0.773. The minimum atomic E-state index is -0.748. The van der Waals surface area contributed by atoms with E-state index in [-0.39, 0.29) is 42.9 Å². The third kappa shape index (κ3) is 4.49. The van der Waals surface area contributed by atoms with Crippen LogP contribution in [0.2, 0.25) is 0 Å². The molecule has 0 bridgehead atoms. The van der Waals surface area contributed by atoms with E-state index in [1.807, 2.05) is 46.8 Å². The Morgan fingerprint density at radius 3 is 2.41 bits per heavy atom. The average Bonchev–Trinajstić information content (AvgIpc) is 2.94. The van der Waals surface area contributed by atoms with Crippen LogP contribution in [0.3, 0.4) is 0 Å². The summed E-state index contributed by atoms with van der Waals surface area (Å²) in [6.45, 7) is 11.3. The minimum absolute atomic E-state index is 0.0147. The monoisotopic (exact) mass is 408 g/mol. The van der Waals surface area contributed by atoms with E-state index in [0.717, 1.165) is 6.42 Å². The Morgan fingerprint density at radius 1 is 1.24 bits per heavy atom. The number of aliphatic hydroxyl groups excluding tert-OH is 1. The van der Waals surface area contributed by atoms with E-state index >= 15 is 0 Å². The Labute approximate surface area is 173 Å². The first-order chi connectivity index (χ1) is 13.7. The first kappa shape index (κ1) is 23.4. The van der Waals surface area contributed by atoms with Crippen LogP contribution in [-0.4, -0.2) is 59.1 Å². The van der Waals surface area contributed by atoms with Crippen LogP contribution < -0.4 is 5.32 Å². The maximum Gasteiger partial charge on any atom is 0.310 e. The standard InChI is InChI=1S/C22H36N2O5/c1-7-13(5)16(11-25)24-19(20(26)23-12(3)4)15-10-9-14(6)17(18(15)21(24)27)22(28)29-8-2/h9-10,12-19,25H,7-8,11H2,1-6H3,(H,23,26)/t13-,14+,15-,16-,17+,18+,19-/m0/s1. The van der Waals surface area contributed by atoms with E-state index in [4.69, 9.17) is 4.74 Å². The molecular weight excluding hydrogens is 372 g/mol. The van der Waals surface area contributed by atoms with E-state index in [1.54, 1.807) is 11.8 Å². The first-order valence-corrected chi connectivity index (χ1v) is 10.8. The van der Waals surface area contributed by atoms with Crippen LogP contribution >= 0.6 is 0 Å². The summed E-state index contributed by atoms with van der Waals surface area (Å²) in [5.41, 5.74) is 0. The number of nitrogens with one attached hydrogen (secondary N) is 1. The summed E-state index contributed by atoms with van der Waals surface area (Å²) >= 11 is 0. The lowest BCUT2D eigenvalue weighted by Crippen LogP contribution is -2.55. The highest BCUT2D eigenvalue weighted by Crippen LogP contribution is 2.45. The molecule has 29 heavy (non-hydrogen) atoms. The predicted molar refractivity (Wildman–Crippen MR) is 110 cm³/mol. The number of fused-ring (bicyclic) bond motifs is 1. The normalized spacial score (nSPS) is 30.8. The van der Waals surface area contributed by atoms with Crippen molar-refractivity contribution < 1.29 is 24.2 Å². The van der Waals surface area contributed by atoms with Crippen LogP contribution in [0.4, 0.5) is 0 Å². The van der Waals surface area contributed by atoms with Gasteiger partial charge < -0.3 is 20.1 Å². The summed E-state index contributed by atoms with van der Waals surface area (Å²) in [5.74, 6) is -2.75. The average molecular weight is 409 g/mol. The topological polar surface area (TPSA) is 95.9 Å². The molecule has 7 atom stereocenters. The van der Waals surface area contributed by atoms with Crippen LogP contribution in [0.5, 0.6) is 0 Å². The largest absolute Gasteiger partial charge is 0.466 e. The molecule has 7 heteroatoms. The highest BCUT2D eigenvalue weighted by Gasteiger charge is 2.58. The number of ether oxygens (including phenoxy) is 1. The number of amides is 2. The van der Waals surface area contributed by atoms with Crippen molar-refractivity contribution in [3.05, 3.63) is 12.2 Å². The highest BCUT2D eigenvalue weighted by molar-refractivity contribution is 5.96. The van der Waals surface area contributed by atoms with E-state index in [2.05, 4.69) is 5.32 Å². The summed E-state index contributed by atoms with van der Waals surface area (Å²) in [6.07, 6.45) is 4.57. The van der Waals surface area contributed by atoms with Crippen LogP contribution in [0, 0.1) is 29.6 Å². The number of nitrogens with zero attached hydrogens (tertiary/aromatic N) is 1. The molecule has 0 aromatic carbocycles. The number of hydrogen-bond acceptors (Lipinski definition) is 5. The number of rotatable bonds is 8. The lowest BCUT2D eigenvalue weighted by Gasteiger charge is -2.36. The van der Waals surface area contributed by atoms with E-state index in [1.165, 1.54) is 0 Å². The molecule has 0 aromatic rings. The smallest absolute Gasteiger partial charge is 0.310 e. The molecular formula is C22H36N2O5.